The first-order valence-electron chi connectivity index (χ1n) is 17.7. The summed E-state index contributed by atoms with van der Waals surface area (Å²) in [6, 6.07) is 14.9. The van der Waals surface area contributed by atoms with Gasteiger partial charge in [-0.3, -0.25) is 9.59 Å². The molecule has 0 fully saturated rings. The number of sulfonamides is 1. The van der Waals surface area contributed by atoms with Gasteiger partial charge in [0.2, 0.25) is 0 Å². The highest BCUT2D eigenvalue weighted by Gasteiger charge is 2.30. The number of rotatable bonds is 19. The number of hydrogen-bond acceptors (Lipinski definition) is 14. The van der Waals surface area contributed by atoms with Gasteiger partial charge in [0.25, 0.3) is 21.8 Å². The summed E-state index contributed by atoms with van der Waals surface area (Å²) in [5, 5.41) is 53.2. The van der Waals surface area contributed by atoms with Gasteiger partial charge in [0, 0.05) is 46.4 Å². The first-order chi connectivity index (χ1) is 28.0. The fraction of sp³-hybridized carbons (Fsp3) is 0.237. The van der Waals surface area contributed by atoms with Crippen molar-refractivity contribution in [2.45, 2.75) is 30.4 Å². The van der Waals surface area contributed by atoms with E-state index in [-0.39, 0.29) is 82.4 Å². The second-order valence-corrected chi connectivity index (χ2v) is 17.4. The van der Waals surface area contributed by atoms with Crippen LogP contribution in [0.15, 0.2) is 70.9 Å². The topological polar surface area (TPSA) is 274 Å². The number of phenols is 4. The average molecular weight is 873 g/mol. The third kappa shape index (κ3) is 11.3. The Kier molecular flexibility index (Phi) is 14.2. The van der Waals surface area contributed by atoms with Crippen molar-refractivity contribution in [3.05, 3.63) is 94.8 Å². The number of nitrogens with one attached hydrogen (secondary N) is 3. The smallest absolute Gasteiger partial charge is 0.391 e. The van der Waals surface area contributed by atoms with Gasteiger partial charge in [0.05, 0.1) is 18.8 Å². The van der Waals surface area contributed by atoms with Crippen molar-refractivity contribution in [3.63, 3.8) is 0 Å². The number of hydrogen-bond donors (Lipinski definition) is 8. The van der Waals surface area contributed by atoms with Crippen molar-refractivity contribution in [3.8, 4) is 46.3 Å². The number of carbonyl (C=O) groups excluding carboxylic acids is 2. The molecule has 312 valence electrons. The van der Waals surface area contributed by atoms with Gasteiger partial charge in [-0.2, -0.15) is 9.98 Å². The third-order valence-corrected chi connectivity index (χ3v) is 12.8. The molecular formula is C38H38FN4O13PS2. The molecule has 5 rings (SSSR count). The standard InChI is InChI=1S/C38H38FN4O13PS2/c1-2-26-27-18-33(54-13-3-11-41-36(48)22-6-9-29(44)31(46)15-22)34(55-14-4-12-42-37(49)23-7-10-30(45)32(47)16-23)19-35(27)58-38(26)59(52,53)43-21-57(50,51)56-25-8-5-24(20-40)28(39)17-25/h5-10,15-19,43-47H,2-4,11-14,21H2,1H3,(H,41,48)(H,42,49)(H,50,51). The number of aryl methyl sites for hydroxylation is 1. The summed E-state index contributed by atoms with van der Waals surface area (Å²) >= 11 is 0.867. The molecule has 1 atom stereocenters. The molecule has 8 N–H and O–H groups in total. The Morgan fingerprint density at radius 2 is 1.39 bits per heavy atom. The zero-order chi connectivity index (χ0) is 42.9. The lowest BCUT2D eigenvalue weighted by molar-refractivity contribution is 0.0942. The Balaban J connectivity index is 1.30. The number of ether oxygens (including phenoxy) is 2. The lowest BCUT2D eigenvalue weighted by Gasteiger charge is -2.15. The molecule has 0 bridgehead atoms. The molecule has 1 aromatic heterocycles. The number of thiophene rings is 1. The van der Waals surface area contributed by atoms with Crippen LogP contribution in [0.3, 0.4) is 0 Å². The first-order valence-corrected chi connectivity index (χ1v) is 21.7. The monoisotopic (exact) mass is 872 g/mol. The number of amides is 2. The molecule has 0 aliphatic rings. The summed E-state index contributed by atoms with van der Waals surface area (Å²) in [6.07, 6.45) is -0.242. The predicted molar refractivity (Wildman–Crippen MR) is 212 cm³/mol. The van der Waals surface area contributed by atoms with E-state index in [4.69, 9.17) is 19.3 Å². The van der Waals surface area contributed by atoms with Gasteiger partial charge in [0.15, 0.2) is 34.5 Å². The minimum atomic E-state index is -4.71. The number of carbonyl (C=O) groups is 2. The summed E-state index contributed by atoms with van der Waals surface area (Å²) < 4.78 is 73.5. The van der Waals surface area contributed by atoms with Crippen LogP contribution in [-0.4, -0.2) is 78.1 Å². The zero-order valence-corrected chi connectivity index (χ0v) is 33.6. The maximum Gasteiger partial charge on any atom is 0.391 e. The van der Waals surface area contributed by atoms with Crippen molar-refractivity contribution in [1.29, 1.82) is 5.26 Å². The van der Waals surface area contributed by atoms with Gasteiger partial charge < -0.3 is 50.0 Å². The summed E-state index contributed by atoms with van der Waals surface area (Å²) in [5.41, 5.74) is 0.297. The normalized spacial score (nSPS) is 12.3. The van der Waals surface area contributed by atoms with Crippen LogP contribution in [0.2, 0.25) is 0 Å². The Morgan fingerprint density at radius 3 is 1.90 bits per heavy atom. The molecule has 0 saturated heterocycles. The van der Waals surface area contributed by atoms with Crippen LogP contribution in [0.1, 0.15) is 51.6 Å². The molecular weight excluding hydrogens is 835 g/mol. The van der Waals surface area contributed by atoms with E-state index in [1.165, 1.54) is 24.3 Å². The molecule has 0 spiro atoms. The van der Waals surface area contributed by atoms with E-state index < -0.39 is 53.0 Å². The summed E-state index contributed by atoms with van der Waals surface area (Å²) in [6.45, 7) is 2.15. The van der Waals surface area contributed by atoms with Crippen LogP contribution in [-0.2, 0) is 21.0 Å². The molecule has 0 saturated carbocycles. The van der Waals surface area contributed by atoms with Gasteiger partial charge in [-0.1, -0.05) is 6.92 Å². The number of benzene rings is 4. The van der Waals surface area contributed by atoms with Crippen molar-refractivity contribution in [2.24, 2.45) is 0 Å². The maximum absolute atomic E-state index is 14.0. The Bertz CT molecular complexity index is 2580. The van der Waals surface area contributed by atoms with Crippen LogP contribution < -0.4 is 29.4 Å². The van der Waals surface area contributed by atoms with Gasteiger partial charge >= 0.3 is 7.60 Å². The average Bonchev–Trinajstić information content (AvgIpc) is 3.57. The summed E-state index contributed by atoms with van der Waals surface area (Å²) in [5.74, 6) is -3.57. The second-order valence-electron chi connectivity index (χ2n) is 12.6. The van der Waals surface area contributed by atoms with Crippen molar-refractivity contribution >= 4 is 50.9 Å². The highest BCUT2D eigenvalue weighted by molar-refractivity contribution is 7.92. The number of halogens is 1. The fourth-order valence-electron chi connectivity index (χ4n) is 5.43. The van der Waals surface area contributed by atoms with Crippen LogP contribution in [0.4, 0.5) is 4.39 Å². The zero-order valence-electron chi connectivity index (χ0n) is 31.1. The van der Waals surface area contributed by atoms with E-state index in [1.54, 1.807) is 25.1 Å². The lowest BCUT2D eigenvalue weighted by Crippen LogP contribution is -2.26. The Morgan fingerprint density at radius 1 is 0.831 bits per heavy atom. The molecule has 0 aliphatic carbocycles. The summed E-state index contributed by atoms with van der Waals surface area (Å²) in [4.78, 5) is 35.4. The predicted octanol–water partition coefficient (Wildman–Crippen LogP) is 5.19. The van der Waals surface area contributed by atoms with Gasteiger partial charge in [-0.15, -0.1) is 11.3 Å². The summed E-state index contributed by atoms with van der Waals surface area (Å²) in [7, 11) is -9.15. The van der Waals surface area contributed by atoms with E-state index in [0.717, 1.165) is 41.7 Å². The number of aromatic hydroxyl groups is 4. The fourth-order valence-corrected chi connectivity index (χ4v) is 9.90. The number of phenolic OH excluding ortho intramolecular Hbond substituents is 4. The Labute approximate surface area is 340 Å². The minimum Gasteiger partial charge on any atom is -0.504 e. The molecule has 17 nitrogen and oxygen atoms in total. The van der Waals surface area contributed by atoms with E-state index >= 15 is 0 Å². The van der Waals surface area contributed by atoms with Crippen LogP contribution in [0.25, 0.3) is 10.1 Å². The highest BCUT2D eigenvalue weighted by atomic mass is 32.2. The molecule has 0 radical (unpaired) electrons. The number of nitriles is 1. The molecule has 21 heteroatoms. The largest absolute Gasteiger partial charge is 0.504 e. The van der Waals surface area contributed by atoms with E-state index in [1.807, 2.05) is 0 Å². The number of fused-ring (bicyclic) bond motifs is 1. The van der Waals surface area contributed by atoms with Crippen molar-refractivity contribution < 1.29 is 66.3 Å². The molecule has 5 aromatic rings. The van der Waals surface area contributed by atoms with E-state index in [2.05, 4.69) is 15.4 Å². The minimum absolute atomic E-state index is 0.0612. The molecule has 1 heterocycles. The molecule has 0 aliphatic heterocycles. The van der Waals surface area contributed by atoms with Gasteiger partial charge in [0.1, 0.15) is 28.1 Å². The maximum atomic E-state index is 14.0. The number of nitrogens with zero attached hydrogens (tertiary/aromatic N) is 1. The quantitative estimate of drug-likeness (QED) is 0.0301. The van der Waals surface area contributed by atoms with Crippen molar-refractivity contribution in [2.75, 3.05) is 32.6 Å². The second kappa shape index (κ2) is 19.1. The highest BCUT2D eigenvalue weighted by Crippen LogP contribution is 2.44. The Hall–Kier alpha value is -6.10. The van der Waals surface area contributed by atoms with E-state index in [0.29, 0.717) is 28.5 Å². The molecule has 59 heavy (non-hydrogen) atoms. The molecule has 4 aromatic carbocycles. The van der Waals surface area contributed by atoms with Gasteiger partial charge in [-0.05, 0) is 79.4 Å². The lowest BCUT2D eigenvalue weighted by atomic mass is 10.1. The first kappa shape index (κ1) is 44.0. The third-order valence-electron chi connectivity index (χ3n) is 8.38. The van der Waals surface area contributed by atoms with Crippen LogP contribution in [0, 0.1) is 17.1 Å². The molecule has 1 unspecified atom stereocenters. The van der Waals surface area contributed by atoms with E-state index in [9.17, 15) is 52.3 Å². The van der Waals surface area contributed by atoms with Crippen LogP contribution in [0.5, 0.6) is 40.2 Å². The SMILES string of the molecule is CCc1c(S(=O)(=O)NCP(=O)(O)Oc2ccc(C#N)c(F)c2)sc2cc(OCCCNC(=O)c3ccc(O)c(O)c3)c(OCCCNC(=O)c3ccc(O)c(O)c3)cc12. The van der Waals surface area contributed by atoms with Crippen LogP contribution >= 0.6 is 18.9 Å². The van der Waals surface area contributed by atoms with Gasteiger partial charge in [-0.25, -0.2) is 17.4 Å². The van der Waals surface area contributed by atoms with Crippen molar-refractivity contribution in [1.82, 2.24) is 15.4 Å². The molecule has 2 amide bonds.